The lowest BCUT2D eigenvalue weighted by atomic mass is 9.90. The van der Waals surface area contributed by atoms with Gasteiger partial charge in [0.25, 0.3) is 0 Å². The summed E-state index contributed by atoms with van der Waals surface area (Å²) in [5.41, 5.74) is 1.86. The Morgan fingerprint density at radius 2 is 1.96 bits per heavy atom. The molecule has 2 unspecified atom stereocenters. The van der Waals surface area contributed by atoms with Gasteiger partial charge in [-0.1, -0.05) is 12.1 Å². The number of nitrogens with zero attached hydrogens (tertiary/aromatic N) is 2. The Hall–Kier alpha value is -2.41. The first-order valence-electron chi connectivity index (χ1n) is 8.82. The number of alkyl halides is 3. The lowest BCUT2D eigenvalue weighted by molar-refractivity contribution is -0.144. The highest BCUT2D eigenvalue weighted by atomic mass is 19.4. The molecule has 2 aromatic rings. The van der Waals surface area contributed by atoms with Crippen molar-refractivity contribution in [3.8, 4) is 0 Å². The van der Waals surface area contributed by atoms with Crippen LogP contribution in [0.2, 0.25) is 0 Å². The van der Waals surface area contributed by atoms with Crippen molar-refractivity contribution in [2.75, 3.05) is 13.1 Å². The average Bonchev–Trinajstić information content (AvgIpc) is 2.63. The van der Waals surface area contributed by atoms with E-state index >= 15 is 0 Å². The summed E-state index contributed by atoms with van der Waals surface area (Å²) in [6.45, 7) is 2.96. The van der Waals surface area contributed by atoms with Crippen LogP contribution in [0.5, 0.6) is 0 Å². The Morgan fingerprint density at radius 1 is 1.26 bits per heavy atom. The van der Waals surface area contributed by atoms with E-state index in [1.807, 2.05) is 17.9 Å². The molecule has 0 spiro atoms. The molecule has 0 bridgehead atoms. The number of aryl methyl sites for hydroxylation is 1. The molecule has 1 aromatic carbocycles. The van der Waals surface area contributed by atoms with Crippen LogP contribution in [0.3, 0.4) is 0 Å². The summed E-state index contributed by atoms with van der Waals surface area (Å²) in [5, 5.41) is 9.40. The molecule has 1 N–H and O–H groups in total. The van der Waals surface area contributed by atoms with Gasteiger partial charge in [-0.2, -0.15) is 13.2 Å². The van der Waals surface area contributed by atoms with Crippen LogP contribution in [-0.2, 0) is 11.0 Å². The molecule has 0 amide bonds. The Balaban J connectivity index is 2.00. The number of hydrogen-bond acceptors (Lipinski definition) is 3. The number of pyridine rings is 1. The summed E-state index contributed by atoms with van der Waals surface area (Å²) in [6, 6.07) is 6.67. The molecule has 27 heavy (non-hydrogen) atoms. The van der Waals surface area contributed by atoms with Gasteiger partial charge in [-0.25, -0.2) is 0 Å². The number of piperidine rings is 1. The molecule has 4 nitrogen and oxygen atoms in total. The Morgan fingerprint density at radius 3 is 2.56 bits per heavy atom. The SMILES string of the molecule is Cc1cnccc1C(c1ccc(C(F)(F)F)cc1)N1CCCC(C(=O)O)C1. The molecule has 0 saturated carbocycles. The zero-order valence-corrected chi connectivity index (χ0v) is 14.9. The minimum Gasteiger partial charge on any atom is -0.481 e. The Labute approximate surface area is 155 Å². The number of aliphatic carboxylic acids is 1. The monoisotopic (exact) mass is 378 g/mol. The highest BCUT2D eigenvalue weighted by Gasteiger charge is 2.33. The molecule has 1 fully saturated rings. The van der Waals surface area contributed by atoms with Crippen molar-refractivity contribution >= 4 is 5.97 Å². The highest BCUT2D eigenvalue weighted by Crippen LogP contribution is 2.36. The van der Waals surface area contributed by atoms with Crippen LogP contribution in [0, 0.1) is 12.8 Å². The van der Waals surface area contributed by atoms with Crippen molar-refractivity contribution in [1.82, 2.24) is 9.88 Å². The van der Waals surface area contributed by atoms with E-state index < -0.39 is 23.6 Å². The number of likely N-dealkylation sites (tertiary alicyclic amines) is 1. The molecular weight excluding hydrogens is 357 g/mol. The van der Waals surface area contributed by atoms with Gasteiger partial charge in [0.2, 0.25) is 0 Å². The number of carboxylic acid groups (broad SMARTS) is 1. The first-order chi connectivity index (χ1) is 12.8. The number of benzene rings is 1. The van der Waals surface area contributed by atoms with Crippen molar-refractivity contribution < 1.29 is 23.1 Å². The summed E-state index contributed by atoms with van der Waals surface area (Å²) in [5.74, 6) is -1.31. The zero-order valence-electron chi connectivity index (χ0n) is 14.9. The van der Waals surface area contributed by atoms with Gasteiger partial charge in [0, 0.05) is 18.9 Å². The molecule has 0 aliphatic carbocycles. The van der Waals surface area contributed by atoms with Gasteiger partial charge in [-0.15, -0.1) is 0 Å². The van der Waals surface area contributed by atoms with Crippen molar-refractivity contribution in [3.63, 3.8) is 0 Å². The number of aromatic nitrogens is 1. The van der Waals surface area contributed by atoms with E-state index in [1.165, 1.54) is 12.1 Å². The van der Waals surface area contributed by atoms with Crippen LogP contribution in [0.1, 0.15) is 41.1 Å². The van der Waals surface area contributed by atoms with Crippen molar-refractivity contribution in [3.05, 3.63) is 65.0 Å². The third-order valence-electron chi connectivity index (χ3n) is 5.08. The topological polar surface area (TPSA) is 53.4 Å². The molecule has 1 aliphatic rings. The average molecular weight is 378 g/mol. The first-order valence-corrected chi connectivity index (χ1v) is 8.82. The van der Waals surface area contributed by atoms with Gasteiger partial charge >= 0.3 is 12.1 Å². The van der Waals surface area contributed by atoms with Crippen LogP contribution in [0.15, 0.2) is 42.7 Å². The largest absolute Gasteiger partial charge is 0.481 e. The second-order valence-electron chi connectivity index (χ2n) is 6.93. The summed E-state index contributed by atoms with van der Waals surface area (Å²) in [6.07, 6.45) is 0.322. The molecule has 1 saturated heterocycles. The minimum atomic E-state index is -4.39. The fraction of sp³-hybridized carbons (Fsp3) is 0.400. The molecule has 1 aromatic heterocycles. The number of rotatable bonds is 4. The zero-order chi connectivity index (χ0) is 19.6. The molecule has 2 atom stereocenters. The number of halogens is 3. The van der Waals surface area contributed by atoms with Gasteiger partial charge in [-0.05, 0) is 61.2 Å². The molecule has 0 radical (unpaired) electrons. The molecule has 3 rings (SSSR count). The van der Waals surface area contributed by atoms with Crippen molar-refractivity contribution in [2.24, 2.45) is 5.92 Å². The molecule has 1 aliphatic heterocycles. The maximum Gasteiger partial charge on any atom is 0.416 e. The van der Waals surface area contributed by atoms with Crippen molar-refractivity contribution in [1.29, 1.82) is 0 Å². The number of hydrogen-bond donors (Lipinski definition) is 1. The lowest BCUT2D eigenvalue weighted by Gasteiger charge is -2.38. The fourth-order valence-electron chi connectivity index (χ4n) is 3.67. The normalized spacial score (nSPS) is 19.6. The van der Waals surface area contributed by atoms with E-state index in [4.69, 9.17) is 0 Å². The van der Waals surface area contributed by atoms with E-state index in [0.29, 0.717) is 25.1 Å². The Kier molecular flexibility index (Phi) is 5.51. The maximum atomic E-state index is 12.9. The maximum absolute atomic E-state index is 12.9. The van der Waals surface area contributed by atoms with Crippen LogP contribution in [-0.4, -0.2) is 34.0 Å². The fourth-order valence-corrected chi connectivity index (χ4v) is 3.67. The third-order valence-corrected chi connectivity index (χ3v) is 5.08. The second kappa shape index (κ2) is 7.68. The molecule has 144 valence electrons. The van der Waals surface area contributed by atoms with Crippen LogP contribution < -0.4 is 0 Å². The smallest absolute Gasteiger partial charge is 0.416 e. The summed E-state index contributed by atoms with van der Waals surface area (Å²) < 4.78 is 38.8. The van der Waals surface area contributed by atoms with Crippen LogP contribution >= 0.6 is 0 Å². The summed E-state index contributed by atoms with van der Waals surface area (Å²) >= 11 is 0. The van der Waals surface area contributed by atoms with Gasteiger partial charge in [-0.3, -0.25) is 14.7 Å². The molecular formula is C20H21F3N2O2. The predicted molar refractivity (Wildman–Crippen MR) is 94.2 cm³/mol. The van der Waals surface area contributed by atoms with Crippen molar-refractivity contribution in [2.45, 2.75) is 32.0 Å². The summed E-state index contributed by atoms with van der Waals surface area (Å²) in [4.78, 5) is 17.6. The van der Waals surface area contributed by atoms with Gasteiger partial charge < -0.3 is 5.11 Å². The van der Waals surface area contributed by atoms with Gasteiger partial charge in [0.05, 0.1) is 17.5 Å². The minimum absolute atomic E-state index is 0.308. The first kappa shape index (κ1) is 19.4. The quantitative estimate of drug-likeness (QED) is 0.862. The third kappa shape index (κ3) is 4.30. The highest BCUT2D eigenvalue weighted by molar-refractivity contribution is 5.70. The standard InChI is InChI=1S/C20H21F3N2O2/c1-13-11-24-9-8-17(13)18(25-10-2-3-15(12-25)19(26)27)14-4-6-16(7-5-14)20(21,22)23/h4-9,11,15,18H,2-3,10,12H2,1H3,(H,26,27). The number of carbonyl (C=O) groups is 1. The van der Waals surface area contributed by atoms with E-state index in [0.717, 1.165) is 29.7 Å². The molecule has 7 heteroatoms. The Bertz CT molecular complexity index is 806. The van der Waals surface area contributed by atoms with Gasteiger partial charge in [0.1, 0.15) is 0 Å². The van der Waals surface area contributed by atoms with Gasteiger partial charge in [0.15, 0.2) is 0 Å². The predicted octanol–water partition coefficient (Wildman–Crippen LogP) is 4.29. The molecule has 2 heterocycles. The lowest BCUT2D eigenvalue weighted by Crippen LogP contribution is -2.41. The van der Waals surface area contributed by atoms with E-state index in [2.05, 4.69) is 4.98 Å². The van der Waals surface area contributed by atoms with E-state index in [9.17, 15) is 23.1 Å². The van der Waals surface area contributed by atoms with E-state index in [-0.39, 0.29) is 6.04 Å². The number of carboxylic acids is 1. The second-order valence-corrected chi connectivity index (χ2v) is 6.93. The van der Waals surface area contributed by atoms with Crippen LogP contribution in [0.4, 0.5) is 13.2 Å². The summed E-state index contributed by atoms with van der Waals surface area (Å²) in [7, 11) is 0. The van der Waals surface area contributed by atoms with E-state index in [1.54, 1.807) is 12.4 Å². The van der Waals surface area contributed by atoms with Crippen LogP contribution in [0.25, 0.3) is 0 Å².